The van der Waals surface area contributed by atoms with Crippen molar-refractivity contribution in [3.8, 4) is 5.75 Å². The summed E-state index contributed by atoms with van der Waals surface area (Å²) in [6.45, 7) is 1.92. The molecule has 11 nitrogen and oxygen atoms in total. The van der Waals surface area contributed by atoms with Gasteiger partial charge in [-0.2, -0.15) is 13.1 Å². The van der Waals surface area contributed by atoms with Crippen LogP contribution in [0.15, 0.2) is 44.2 Å². The van der Waals surface area contributed by atoms with Crippen molar-refractivity contribution >= 4 is 31.8 Å². The van der Waals surface area contributed by atoms with E-state index in [0.29, 0.717) is 5.92 Å². The first-order valence-electron chi connectivity index (χ1n) is 10.7. The average molecular weight is 512 g/mol. The summed E-state index contributed by atoms with van der Waals surface area (Å²) in [7, 11) is -1.89. The van der Waals surface area contributed by atoms with Gasteiger partial charge in [0, 0.05) is 21.1 Å². The van der Waals surface area contributed by atoms with Gasteiger partial charge in [0.25, 0.3) is 0 Å². The number of sulfonamides is 1. The van der Waals surface area contributed by atoms with E-state index >= 15 is 0 Å². The van der Waals surface area contributed by atoms with Crippen LogP contribution in [0.5, 0.6) is 5.75 Å². The van der Waals surface area contributed by atoms with Crippen LogP contribution in [0, 0.1) is 12.8 Å². The van der Waals surface area contributed by atoms with Crippen LogP contribution in [0.25, 0.3) is 0 Å². The number of furan rings is 1. The molecule has 2 N–H and O–H groups in total. The van der Waals surface area contributed by atoms with E-state index in [9.17, 15) is 21.9 Å². The van der Waals surface area contributed by atoms with Crippen LogP contribution in [0.1, 0.15) is 30.2 Å². The van der Waals surface area contributed by atoms with Crippen LogP contribution in [-0.4, -0.2) is 71.3 Å². The maximum Gasteiger partial charge on any atom is 0.323 e. The minimum absolute atomic E-state index is 0.103. The standard InChI is InChI=1S/C21H29N5O6S2/c1-13-11-16(32-12-13)18(14-9-10-14)26(5)21-20(22-34(30,31)23-21)25(4)15-7-6-8-17(19(15)27)33(28,29)24(2)3/h6-8,11-12,14,18,21,23,27H,9-10H2,1-5H3/t18-,21?/m1/s1. The molecule has 2 heterocycles. The highest BCUT2D eigenvalue weighted by Gasteiger charge is 2.45. The van der Waals surface area contributed by atoms with Gasteiger partial charge in [-0.3, -0.25) is 4.90 Å². The molecule has 1 aliphatic carbocycles. The Kier molecular flexibility index (Phi) is 6.27. The Morgan fingerprint density at radius 1 is 1.21 bits per heavy atom. The van der Waals surface area contributed by atoms with Crippen LogP contribution < -0.4 is 9.62 Å². The molecular formula is C21H29N5O6S2. The summed E-state index contributed by atoms with van der Waals surface area (Å²) < 4.78 is 63.5. The van der Waals surface area contributed by atoms with Gasteiger partial charge >= 0.3 is 10.2 Å². The number of likely N-dealkylation sites (N-methyl/N-ethyl adjacent to an activating group) is 2. The fraction of sp³-hybridized carbons (Fsp3) is 0.476. The van der Waals surface area contributed by atoms with Gasteiger partial charge in [0.1, 0.15) is 16.8 Å². The van der Waals surface area contributed by atoms with Crippen molar-refractivity contribution in [2.75, 3.05) is 33.1 Å². The molecule has 13 heteroatoms. The number of phenolic OH excluding ortho intramolecular Hbond substituents is 1. The summed E-state index contributed by atoms with van der Waals surface area (Å²) in [4.78, 5) is 2.95. The van der Waals surface area contributed by atoms with E-state index in [1.54, 1.807) is 13.3 Å². The van der Waals surface area contributed by atoms with Crippen molar-refractivity contribution in [3.05, 3.63) is 41.9 Å². The Balaban J connectivity index is 1.73. The molecule has 0 bridgehead atoms. The van der Waals surface area contributed by atoms with E-state index in [1.165, 1.54) is 44.2 Å². The number of hydrogen-bond donors (Lipinski definition) is 2. The third-order valence-electron chi connectivity index (χ3n) is 6.12. The summed E-state index contributed by atoms with van der Waals surface area (Å²) in [5.74, 6) is 0.644. The van der Waals surface area contributed by atoms with Gasteiger partial charge in [-0.1, -0.05) is 6.07 Å². The zero-order valence-electron chi connectivity index (χ0n) is 19.6. The SMILES string of the molecule is Cc1coc([C@@H](C2CC2)N(C)C2NS(=O)(=O)N=C2N(C)c2cccc(S(=O)(=O)N(C)C)c2O)c1. The third kappa shape index (κ3) is 4.45. The van der Waals surface area contributed by atoms with Crippen molar-refractivity contribution in [2.24, 2.45) is 10.3 Å². The van der Waals surface area contributed by atoms with Gasteiger partial charge in [0.15, 0.2) is 11.6 Å². The Morgan fingerprint density at radius 3 is 2.44 bits per heavy atom. The summed E-state index contributed by atoms with van der Waals surface area (Å²) in [6.07, 6.45) is 2.77. The smallest absolute Gasteiger partial charge is 0.323 e. The molecule has 186 valence electrons. The number of nitrogens with one attached hydrogen (secondary N) is 1. The zero-order valence-corrected chi connectivity index (χ0v) is 21.3. The molecule has 4 rings (SSSR count). The second kappa shape index (κ2) is 8.64. The van der Waals surface area contributed by atoms with Gasteiger partial charge in [-0.05, 0) is 56.5 Å². The highest BCUT2D eigenvalue weighted by atomic mass is 32.2. The number of benzene rings is 1. The monoisotopic (exact) mass is 511 g/mol. The summed E-state index contributed by atoms with van der Waals surface area (Å²) >= 11 is 0. The first kappa shape index (κ1) is 24.7. The molecule has 1 aromatic heterocycles. The van der Waals surface area contributed by atoms with Crippen LogP contribution in [0.2, 0.25) is 0 Å². The molecule has 1 fully saturated rings. The summed E-state index contributed by atoms with van der Waals surface area (Å²) in [6, 6.07) is 6.02. The molecule has 2 aromatic rings. The van der Waals surface area contributed by atoms with Gasteiger partial charge < -0.3 is 14.4 Å². The largest absolute Gasteiger partial charge is 0.504 e. The fourth-order valence-corrected chi connectivity index (χ4v) is 6.23. The minimum atomic E-state index is -4.01. The number of phenols is 1. The second-order valence-electron chi connectivity index (χ2n) is 8.89. The molecule has 1 aromatic carbocycles. The zero-order chi connectivity index (χ0) is 25.0. The molecule has 1 unspecified atom stereocenters. The van der Waals surface area contributed by atoms with Crippen molar-refractivity contribution in [1.82, 2.24) is 13.9 Å². The average Bonchev–Trinajstić information content (AvgIpc) is 3.40. The van der Waals surface area contributed by atoms with Crippen molar-refractivity contribution in [1.29, 1.82) is 0 Å². The van der Waals surface area contributed by atoms with Gasteiger partial charge in [0.2, 0.25) is 10.0 Å². The Hall–Kier alpha value is -2.45. The molecule has 2 atom stereocenters. The first-order chi connectivity index (χ1) is 15.8. The van der Waals surface area contributed by atoms with E-state index < -0.39 is 32.1 Å². The molecule has 0 amide bonds. The fourth-order valence-electron chi connectivity index (χ4n) is 4.16. The lowest BCUT2D eigenvalue weighted by Crippen LogP contribution is -2.52. The van der Waals surface area contributed by atoms with Crippen LogP contribution in [0.4, 0.5) is 5.69 Å². The minimum Gasteiger partial charge on any atom is -0.504 e. The third-order valence-corrected chi connectivity index (χ3v) is 8.91. The number of hydrogen-bond acceptors (Lipinski definition) is 8. The van der Waals surface area contributed by atoms with Crippen molar-refractivity contribution < 1.29 is 26.4 Å². The number of rotatable bonds is 7. The molecule has 34 heavy (non-hydrogen) atoms. The van der Waals surface area contributed by atoms with Gasteiger partial charge in [-0.15, -0.1) is 4.40 Å². The molecule has 2 aliphatic rings. The molecule has 0 spiro atoms. The summed E-state index contributed by atoms with van der Waals surface area (Å²) in [5.41, 5.74) is 1.08. The lowest BCUT2D eigenvalue weighted by atomic mass is 10.1. The van der Waals surface area contributed by atoms with E-state index in [-0.39, 0.29) is 22.5 Å². The molecule has 1 saturated carbocycles. The predicted octanol–water partition coefficient (Wildman–Crippen LogP) is 1.64. The van der Waals surface area contributed by atoms with E-state index in [0.717, 1.165) is 28.5 Å². The van der Waals surface area contributed by atoms with Crippen LogP contribution >= 0.6 is 0 Å². The number of aryl methyl sites for hydroxylation is 1. The quantitative estimate of drug-likeness (QED) is 0.573. The lowest BCUT2D eigenvalue weighted by molar-refractivity contribution is 0.163. The molecule has 0 saturated heterocycles. The molecule has 0 radical (unpaired) electrons. The Bertz CT molecular complexity index is 1330. The van der Waals surface area contributed by atoms with E-state index in [2.05, 4.69) is 9.12 Å². The van der Waals surface area contributed by atoms with Crippen molar-refractivity contribution in [2.45, 2.75) is 36.9 Å². The van der Waals surface area contributed by atoms with Crippen LogP contribution in [0.3, 0.4) is 0 Å². The Morgan fingerprint density at radius 2 is 1.88 bits per heavy atom. The summed E-state index contributed by atoms with van der Waals surface area (Å²) in [5, 5.41) is 10.8. The second-order valence-corrected chi connectivity index (χ2v) is 12.4. The van der Waals surface area contributed by atoms with Crippen molar-refractivity contribution in [3.63, 3.8) is 0 Å². The number of aromatic hydroxyl groups is 1. The highest BCUT2D eigenvalue weighted by molar-refractivity contribution is 7.89. The number of amidine groups is 1. The maximum absolute atomic E-state index is 12.6. The molecule has 1 aliphatic heterocycles. The number of anilines is 1. The lowest BCUT2D eigenvalue weighted by Gasteiger charge is -2.34. The first-order valence-corrected chi connectivity index (χ1v) is 13.6. The number of para-hydroxylation sites is 1. The van der Waals surface area contributed by atoms with Gasteiger partial charge in [-0.25, -0.2) is 12.7 Å². The number of nitrogens with zero attached hydrogens (tertiary/aromatic N) is 4. The maximum atomic E-state index is 12.6. The van der Waals surface area contributed by atoms with Gasteiger partial charge in [0.05, 0.1) is 18.0 Å². The van der Waals surface area contributed by atoms with E-state index in [1.807, 2.05) is 17.9 Å². The Labute approximate surface area is 199 Å². The highest BCUT2D eigenvalue weighted by Crippen LogP contribution is 2.45. The van der Waals surface area contributed by atoms with Crippen LogP contribution in [-0.2, 0) is 20.2 Å². The normalized spacial score (nSPS) is 21.1. The topological polar surface area (TPSA) is 136 Å². The predicted molar refractivity (Wildman–Crippen MR) is 127 cm³/mol. The van der Waals surface area contributed by atoms with E-state index in [4.69, 9.17) is 4.42 Å². The molecular weight excluding hydrogens is 482 g/mol.